The number of hydrogen-bond acceptors (Lipinski definition) is 4. The molecule has 108 valence electrons. The highest BCUT2D eigenvalue weighted by molar-refractivity contribution is 7.99. The molecular weight excluding hydrogens is 294 g/mol. The third-order valence-corrected chi connectivity index (χ3v) is 4.24. The number of hydrogen-bond donors (Lipinski definition) is 2. The fourth-order valence-corrected chi connectivity index (χ4v) is 3.29. The maximum atomic E-state index is 5.03. The van der Waals surface area contributed by atoms with Gasteiger partial charge in [0.15, 0.2) is 9.93 Å². The summed E-state index contributed by atoms with van der Waals surface area (Å²) in [5.41, 5.74) is 0. The van der Waals surface area contributed by atoms with Gasteiger partial charge in [-0.1, -0.05) is 63.6 Å². The van der Waals surface area contributed by atoms with E-state index in [0.29, 0.717) is 9.54 Å². The molecule has 0 aromatic carbocycles. The van der Waals surface area contributed by atoms with Crippen LogP contribution in [0.5, 0.6) is 0 Å². The molecule has 0 aliphatic heterocycles. The van der Waals surface area contributed by atoms with E-state index in [0.717, 1.165) is 10.9 Å². The summed E-state index contributed by atoms with van der Waals surface area (Å²) in [7, 11) is 0. The van der Waals surface area contributed by atoms with Crippen molar-refractivity contribution in [1.29, 1.82) is 0 Å². The molecule has 0 saturated heterocycles. The van der Waals surface area contributed by atoms with Crippen molar-refractivity contribution in [2.24, 2.45) is 0 Å². The van der Waals surface area contributed by atoms with E-state index in [4.69, 9.17) is 24.4 Å². The highest BCUT2D eigenvalue weighted by Crippen LogP contribution is 2.15. The van der Waals surface area contributed by atoms with E-state index in [1.54, 1.807) is 11.8 Å². The van der Waals surface area contributed by atoms with Crippen molar-refractivity contribution in [1.82, 2.24) is 15.0 Å². The zero-order chi connectivity index (χ0) is 13.9. The largest absolute Gasteiger partial charge is 0.311 e. The van der Waals surface area contributed by atoms with Gasteiger partial charge in [-0.25, -0.2) is 0 Å². The normalized spacial score (nSPS) is 10.8. The molecule has 0 unspecified atom stereocenters. The van der Waals surface area contributed by atoms with E-state index >= 15 is 0 Å². The summed E-state index contributed by atoms with van der Waals surface area (Å²) >= 11 is 11.7. The Morgan fingerprint density at radius 3 is 2.21 bits per heavy atom. The number of H-pyrrole nitrogens is 2. The molecule has 0 saturated carbocycles. The maximum absolute atomic E-state index is 5.03. The van der Waals surface area contributed by atoms with Crippen LogP contribution in [0, 0.1) is 9.54 Å². The number of aromatic amines is 2. The molecule has 0 aliphatic rings. The summed E-state index contributed by atoms with van der Waals surface area (Å²) < 4.78 is 1.01. The summed E-state index contributed by atoms with van der Waals surface area (Å²) in [6.07, 6.45) is 10.8. The first kappa shape index (κ1) is 16.9. The molecule has 0 fully saturated rings. The van der Waals surface area contributed by atoms with Crippen LogP contribution in [-0.2, 0) is 0 Å². The molecule has 1 heterocycles. The van der Waals surface area contributed by atoms with Gasteiger partial charge in [0.05, 0.1) is 0 Å². The van der Waals surface area contributed by atoms with Gasteiger partial charge in [-0.2, -0.15) is 4.98 Å². The van der Waals surface area contributed by atoms with Crippen LogP contribution < -0.4 is 0 Å². The minimum atomic E-state index is 0.460. The Morgan fingerprint density at radius 1 is 0.947 bits per heavy atom. The third-order valence-electron chi connectivity index (χ3n) is 2.88. The summed E-state index contributed by atoms with van der Waals surface area (Å²) in [5.74, 6) is 1.08. The number of aromatic nitrogens is 3. The number of thioether (sulfide) groups is 1. The number of nitrogens with zero attached hydrogens (tertiary/aromatic N) is 1. The van der Waals surface area contributed by atoms with Gasteiger partial charge in [0.25, 0.3) is 0 Å². The third kappa shape index (κ3) is 8.55. The highest BCUT2D eigenvalue weighted by atomic mass is 32.2. The summed E-state index contributed by atoms with van der Waals surface area (Å²) in [4.78, 5) is 10.0. The Balaban J connectivity index is 2.04. The molecule has 0 amide bonds. The second-order valence-electron chi connectivity index (χ2n) is 4.62. The topological polar surface area (TPSA) is 44.5 Å². The Morgan fingerprint density at radius 2 is 1.58 bits per heavy atom. The van der Waals surface area contributed by atoms with E-state index in [-0.39, 0.29) is 0 Å². The molecule has 6 heteroatoms. The first-order valence-electron chi connectivity index (χ1n) is 7.06. The van der Waals surface area contributed by atoms with Crippen LogP contribution in [0.25, 0.3) is 0 Å². The van der Waals surface area contributed by atoms with E-state index in [1.807, 2.05) is 0 Å². The van der Waals surface area contributed by atoms with Crippen molar-refractivity contribution >= 4 is 36.2 Å². The summed E-state index contributed by atoms with van der Waals surface area (Å²) in [6.45, 7) is 2.26. The molecule has 0 aliphatic carbocycles. The van der Waals surface area contributed by atoms with E-state index in [1.165, 1.54) is 51.4 Å². The molecule has 0 atom stereocenters. The zero-order valence-corrected chi connectivity index (χ0v) is 14.0. The first-order valence-corrected chi connectivity index (χ1v) is 8.86. The quantitative estimate of drug-likeness (QED) is 0.343. The Hall–Kier alpha value is -0.200. The van der Waals surface area contributed by atoms with Crippen LogP contribution in [0.4, 0.5) is 0 Å². The van der Waals surface area contributed by atoms with Crippen LogP contribution in [-0.4, -0.2) is 20.7 Å². The smallest absolute Gasteiger partial charge is 0.201 e. The van der Waals surface area contributed by atoms with Crippen LogP contribution in [0.3, 0.4) is 0 Å². The number of unbranched alkanes of at least 4 members (excludes halogenated alkanes) is 7. The molecule has 1 rings (SSSR count). The SMILES string of the molecule is CCCCCCCCCCSc1nc(=S)[nH]c(=S)[nH]1. The van der Waals surface area contributed by atoms with Crippen molar-refractivity contribution in [3.8, 4) is 0 Å². The molecule has 1 aromatic rings. The van der Waals surface area contributed by atoms with Gasteiger partial charge in [0, 0.05) is 5.75 Å². The van der Waals surface area contributed by atoms with Gasteiger partial charge >= 0.3 is 0 Å². The second kappa shape index (κ2) is 10.6. The van der Waals surface area contributed by atoms with Gasteiger partial charge in [-0.3, -0.25) is 0 Å². The fourth-order valence-electron chi connectivity index (χ4n) is 1.85. The molecule has 2 N–H and O–H groups in total. The van der Waals surface area contributed by atoms with E-state index in [2.05, 4.69) is 21.9 Å². The Kier molecular flexibility index (Phi) is 9.38. The molecule has 0 bridgehead atoms. The van der Waals surface area contributed by atoms with Crippen LogP contribution in [0.1, 0.15) is 58.3 Å². The van der Waals surface area contributed by atoms with Gasteiger partial charge < -0.3 is 9.97 Å². The van der Waals surface area contributed by atoms with Crippen molar-refractivity contribution in [2.75, 3.05) is 5.75 Å². The average Bonchev–Trinajstić information content (AvgIpc) is 2.36. The van der Waals surface area contributed by atoms with E-state index < -0.39 is 0 Å². The Bertz CT molecular complexity index is 425. The first-order chi connectivity index (χ1) is 9.22. The van der Waals surface area contributed by atoms with Gasteiger partial charge in [0.1, 0.15) is 0 Å². The lowest BCUT2D eigenvalue weighted by atomic mass is 10.1. The summed E-state index contributed by atoms with van der Waals surface area (Å²) in [6, 6.07) is 0. The lowest BCUT2D eigenvalue weighted by Crippen LogP contribution is -1.92. The average molecular weight is 318 g/mol. The fraction of sp³-hybridized carbons (Fsp3) is 0.769. The van der Waals surface area contributed by atoms with Crippen LogP contribution in [0.2, 0.25) is 0 Å². The minimum Gasteiger partial charge on any atom is -0.311 e. The second-order valence-corrected chi connectivity index (χ2v) is 6.50. The van der Waals surface area contributed by atoms with Gasteiger partial charge in [0.2, 0.25) is 4.77 Å². The predicted octanol–water partition coefficient (Wildman–Crippen LogP) is 5.43. The van der Waals surface area contributed by atoms with Gasteiger partial charge in [-0.05, 0) is 30.9 Å². The predicted molar refractivity (Wildman–Crippen MR) is 87.9 cm³/mol. The molecule has 0 spiro atoms. The molecule has 0 radical (unpaired) electrons. The van der Waals surface area contributed by atoms with Crippen LogP contribution >= 0.6 is 36.2 Å². The monoisotopic (exact) mass is 317 g/mol. The molecule has 3 nitrogen and oxygen atoms in total. The van der Waals surface area contributed by atoms with Crippen LogP contribution in [0.15, 0.2) is 5.16 Å². The van der Waals surface area contributed by atoms with Crippen molar-refractivity contribution < 1.29 is 0 Å². The van der Waals surface area contributed by atoms with Crippen molar-refractivity contribution in [3.05, 3.63) is 9.54 Å². The molecular formula is C13H23N3S3. The lowest BCUT2D eigenvalue weighted by molar-refractivity contribution is 0.586. The van der Waals surface area contributed by atoms with Crippen molar-refractivity contribution in [3.63, 3.8) is 0 Å². The lowest BCUT2D eigenvalue weighted by Gasteiger charge is -2.02. The van der Waals surface area contributed by atoms with E-state index in [9.17, 15) is 0 Å². The van der Waals surface area contributed by atoms with Gasteiger partial charge in [-0.15, -0.1) is 0 Å². The number of nitrogens with one attached hydrogen (secondary N) is 2. The molecule has 1 aromatic heterocycles. The highest BCUT2D eigenvalue weighted by Gasteiger charge is 1.97. The number of rotatable bonds is 10. The Labute approximate surface area is 130 Å². The maximum Gasteiger partial charge on any atom is 0.201 e. The minimum absolute atomic E-state index is 0.460. The van der Waals surface area contributed by atoms with Crippen molar-refractivity contribution in [2.45, 2.75) is 63.4 Å². The standard InChI is InChI=1S/C13H23N3S3/c1-2-3-4-5-6-7-8-9-10-19-13-15-11(17)14-12(18)16-13/h2-10H2,1H3,(H2,14,15,16,17,18). The summed E-state index contributed by atoms with van der Waals surface area (Å²) in [5, 5.41) is 0.830. The molecule has 19 heavy (non-hydrogen) atoms. The zero-order valence-electron chi connectivity index (χ0n) is 11.5.